The number of ketones is 1. The first-order chi connectivity index (χ1) is 13.7. The molecule has 3 rings (SSSR count). The predicted octanol–water partition coefficient (Wildman–Crippen LogP) is 3.97. The number of urea groups is 1. The molecular weight excluding hydrogens is 350 g/mol. The van der Waals surface area contributed by atoms with Gasteiger partial charge in [0.1, 0.15) is 5.78 Å². The van der Waals surface area contributed by atoms with Gasteiger partial charge in [0, 0.05) is 51.1 Å². The smallest absolute Gasteiger partial charge is 0.317 e. The van der Waals surface area contributed by atoms with Gasteiger partial charge in [-0.15, -0.1) is 0 Å². The van der Waals surface area contributed by atoms with Crippen molar-refractivity contribution in [2.24, 2.45) is 0 Å². The van der Waals surface area contributed by atoms with Gasteiger partial charge in [-0.25, -0.2) is 4.79 Å². The van der Waals surface area contributed by atoms with Crippen LogP contribution in [-0.4, -0.2) is 53.3 Å². The van der Waals surface area contributed by atoms with Gasteiger partial charge in [-0.3, -0.25) is 9.69 Å². The Kier molecular flexibility index (Phi) is 7.90. The van der Waals surface area contributed by atoms with Crippen LogP contribution < -0.4 is 5.32 Å². The van der Waals surface area contributed by atoms with E-state index >= 15 is 0 Å². The normalized spacial score (nSPS) is 19.5. The van der Waals surface area contributed by atoms with Gasteiger partial charge in [-0.05, 0) is 37.7 Å². The summed E-state index contributed by atoms with van der Waals surface area (Å²) in [7, 11) is 0. The summed E-state index contributed by atoms with van der Waals surface area (Å²) in [6, 6.07) is 11.2. The van der Waals surface area contributed by atoms with Crippen LogP contribution >= 0.6 is 0 Å². The number of carbonyl (C=O) groups is 2. The number of benzene rings is 1. The quantitative estimate of drug-likeness (QED) is 0.772. The number of piperidine rings is 1. The van der Waals surface area contributed by atoms with E-state index in [-0.39, 0.29) is 12.1 Å². The molecule has 1 heterocycles. The topological polar surface area (TPSA) is 52.7 Å². The third-order valence-corrected chi connectivity index (χ3v) is 6.13. The van der Waals surface area contributed by atoms with Crippen LogP contribution in [0.3, 0.4) is 0 Å². The van der Waals surface area contributed by atoms with Crippen LogP contribution in [0, 0.1) is 0 Å². The zero-order chi connectivity index (χ0) is 19.8. The van der Waals surface area contributed by atoms with E-state index in [2.05, 4.69) is 52.4 Å². The largest absolute Gasteiger partial charge is 0.335 e. The molecule has 2 aliphatic rings. The average Bonchev–Trinajstić information content (AvgIpc) is 2.72. The molecule has 5 nitrogen and oxygen atoms in total. The van der Waals surface area contributed by atoms with E-state index in [1.807, 2.05) is 0 Å². The molecule has 5 heteroatoms. The van der Waals surface area contributed by atoms with E-state index in [0.29, 0.717) is 24.7 Å². The minimum Gasteiger partial charge on any atom is -0.335 e. The molecule has 2 amide bonds. The van der Waals surface area contributed by atoms with Gasteiger partial charge in [0.15, 0.2) is 0 Å². The Labute approximate surface area is 169 Å². The molecule has 0 aromatic heterocycles. The van der Waals surface area contributed by atoms with Crippen molar-refractivity contribution in [3.8, 4) is 0 Å². The Bertz CT molecular complexity index is 616. The fourth-order valence-electron chi connectivity index (χ4n) is 4.35. The van der Waals surface area contributed by atoms with Crippen LogP contribution in [0.15, 0.2) is 30.3 Å². The van der Waals surface area contributed by atoms with Gasteiger partial charge in [-0.1, -0.05) is 43.7 Å². The fourth-order valence-corrected chi connectivity index (χ4v) is 4.35. The first-order valence-corrected chi connectivity index (χ1v) is 11.0. The van der Waals surface area contributed by atoms with E-state index in [1.54, 1.807) is 0 Å². The average molecular weight is 386 g/mol. The SMILES string of the molecule is CCCCN(C(=O)NC1CCC(=O)CC1)C1CCN(Cc2ccccc2)CC1. The monoisotopic (exact) mass is 385 g/mol. The van der Waals surface area contributed by atoms with Crippen LogP contribution in [0.4, 0.5) is 4.79 Å². The van der Waals surface area contributed by atoms with Crippen molar-refractivity contribution in [2.75, 3.05) is 19.6 Å². The number of nitrogens with one attached hydrogen (secondary N) is 1. The van der Waals surface area contributed by atoms with Crippen LogP contribution in [0.5, 0.6) is 0 Å². The number of hydrogen-bond donors (Lipinski definition) is 1. The Morgan fingerprint density at radius 1 is 1.11 bits per heavy atom. The van der Waals surface area contributed by atoms with Crippen LogP contribution in [0.1, 0.15) is 63.9 Å². The predicted molar refractivity (Wildman–Crippen MR) is 112 cm³/mol. The van der Waals surface area contributed by atoms with Crippen LogP contribution in [-0.2, 0) is 11.3 Å². The highest BCUT2D eigenvalue weighted by Gasteiger charge is 2.29. The zero-order valence-electron chi connectivity index (χ0n) is 17.2. The van der Waals surface area contributed by atoms with Crippen molar-refractivity contribution in [3.63, 3.8) is 0 Å². The second kappa shape index (κ2) is 10.6. The summed E-state index contributed by atoms with van der Waals surface area (Å²) in [5.74, 6) is 0.333. The molecule has 1 saturated heterocycles. The lowest BCUT2D eigenvalue weighted by molar-refractivity contribution is -0.120. The van der Waals surface area contributed by atoms with Gasteiger partial charge in [0.25, 0.3) is 0 Å². The Morgan fingerprint density at radius 2 is 1.79 bits per heavy atom. The summed E-state index contributed by atoms with van der Waals surface area (Å²) >= 11 is 0. The maximum Gasteiger partial charge on any atom is 0.317 e. The lowest BCUT2D eigenvalue weighted by Crippen LogP contribution is -2.53. The Balaban J connectivity index is 1.51. The molecule has 0 unspecified atom stereocenters. The standard InChI is InChI=1S/C23H35N3O2/c1-2-3-15-26(23(28)24-20-9-11-22(27)12-10-20)21-13-16-25(17-14-21)18-19-7-5-4-6-8-19/h4-8,20-21H,2-3,9-18H2,1H3,(H,24,28). The van der Waals surface area contributed by atoms with E-state index in [9.17, 15) is 9.59 Å². The first kappa shape index (κ1) is 20.8. The number of Topliss-reactive ketones (excluding diaryl/α,β-unsaturated/α-hetero) is 1. The third kappa shape index (κ3) is 6.06. The fraction of sp³-hybridized carbons (Fsp3) is 0.652. The summed E-state index contributed by atoms with van der Waals surface area (Å²) in [6.07, 6.45) is 7.01. The molecule has 2 fully saturated rings. The van der Waals surface area contributed by atoms with Gasteiger partial charge >= 0.3 is 6.03 Å². The zero-order valence-corrected chi connectivity index (χ0v) is 17.2. The van der Waals surface area contributed by atoms with Crippen molar-refractivity contribution in [2.45, 2.75) is 76.9 Å². The molecule has 1 saturated carbocycles. The van der Waals surface area contributed by atoms with E-state index in [0.717, 1.165) is 64.7 Å². The number of nitrogens with zero attached hydrogens (tertiary/aromatic N) is 2. The van der Waals surface area contributed by atoms with Crippen LogP contribution in [0.25, 0.3) is 0 Å². The molecule has 0 radical (unpaired) electrons. The summed E-state index contributed by atoms with van der Waals surface area (Å²) in [6.45, 7) is 6.06. The molecule has 1 aliphatic carbocycles. The number of likely N-dealkylation sites (tertiary alicyclic amines) is 1. The molecule has 1 aliphatic heterocycles. The molecule has 1 aromatic rings. The van der Waals surface area contributed by atoms with Crippen LogP contribution in [0.2, 0.25) is 0 Å². The van der Waals surface area contributed by atoms with Gasteiger partial charge < -0.3 is 10.2 Å². The summed E-state index contributed by atoms with van der Waals surface area (Å²) in [5.41, 5.74) is 1.35. The maximum atomic E-state index is 13.0. The second-order valence-corrected chi connectivity index (χ2v) is 8.30. The minimum absolute atomic E-state index is 0.0781. The van der Waals surface area contributed by atoms with Crippen molar-refractivity contribution in [1.82, 2.24) is 15.1 Å². The number of rotatable bonds is 7. The molecule has 0 spiro atoms. The maximum absolute atomic E-state index is 13.0. The Hall–Kier alpha value is -1.88. The summed E-state index contributed by atoms with van der Waals surface area (Å²) in [4.78, 5) is 29.0. The van der Waals surface area contributed by atoms with Gasteiger partial charge in [0.05, 0.1) is 0 Å². The summed E-state index contributed by atoms with van der Waals surface area (Å²) < 4.78 is 0. The second-order valence-electron chi connectivity index (χ2n) is 8.30. The van der Waals surface area contributed by atoms with Gasteiger partial charge in [-0.2, -0.15) is 0 Å². The van der Waals surface area contributed by atoms with Gasteiger partial charge in [0.2, 0.25) is 0 Å². The minimum atomic E-state index is 0.0781. The number of unbranched alkanes of at least 4 members (excludes halogenated alkanes) is 1. The highest BCUT2D eigenvalue weighted by atomic mass is 16.2. The number of hydrogen-bond acceptors (Lipinski definition) is 3. The lowest BCUT2D eigenvalue weighted by atomic mass is 9.94. The van der Waals surface area contributed by atoms with Crippen molar-refractivity contribution in [1.29, 1.82) is 0 Å². The molecule has 154 valence electrons. The van der Waals surface area contributed by atoms with E-state index < -0.39 is 0 Å². The number of amides is 2. The molecule has 28 heavy (non-hydrogen) atoms. The third-order valence-electron chi connectivity index (χ3n) is 6.13. The first-order valence-electron chi connectivity index (χ1n) is 11.0. The number of carbonyl (C=O) groups excluding carboxylic acids is 2. The molecule has 1 N–H and O–H groups in total. The molecular formula is C23H35N3O2. The lowest BCUT2D eigenvalue weighted by Gasteiger charge is -2.39. The molecule has 1 aromatic carbocycles. The van der Waals surface area contributed by atoms with Crippen molar-refractivity contribution < 1.29 is 9.59 Å². The van der Waals surface area contributed by atoms with E-state index in [4.69, 9.17) is 0 Å². The highest BCUT2D eigenvalue weighted by molar-refractivity contribution is 5.80. The van der Waals surface area contributed by atoms with Crippen molar-refractivity contribution >= 4 is 11.8 Å². The Morgan fingerprint density at radius 3 is 2.43 bits per heavy atom. The molecule has 0 atom stereocenters. The van der Waals surface area contributed by atoms with Crippen molar-refractivity contribution in [3.05, 3.63) is 35.9 Å². The van der Waals surface area contributed by atoms with E-state index in [1.165, 1.54) is 5.56 Å². The summed E-state index contributed by atoms with van der Waals surface area (Å²) in [5, 5.41) is 3.22. The molecule has 0 bridgehead atoms. The highest BCUT2D eigenvalue weighted by Crippen LogP contribution is 2.21.